The van der Waals surface area contributed by atoms with E-state index in [1.54, 1.807) is 0 Å². The maximum atomic E-state index is 3.51. The molecule has 1 atom stereocenters. The second kappa shape index (κ2) is 5.36. The van der Waals surface area contributed by atoms with Crippen LogP contribution in [0.2, 0.25) is 0 Å². The number of halogens is 1. The van der Waals surface area contributed by atoms with E-state index in [1.165, 1.54) is 25.1 Å². The molecule has 0 radical (unpaired) electrons. The topological polar surface area (TPSA) is 12.0 Å². The van der Waals surface area contributed by atoms with Crippen LogP contribution in [0.1, 0.15) is 33.6 Å². The van der Waals surface area contributed by atoms with Crippen LogP contribution in [0.3, 0.4) is 0 Å². The third kappa shape index (κ3) is 5.28. The molecule has 1 aliphatic rings. The van der Waals surface area contributed by atoms with Crippen molar-refractivity contribution in [3.8, 4) is 0 Å². The summed E-state index contributed by atoms with van der Waals surface area (Å²) in [6.07, 6.45) is 2.75. The van der Waals surface area contributed by atoms with Crippen molar-refractivity contribution >= 4 is 24.2 Å². The molecule has 0 aliphatic carbocycles. The predicted molar refractivity (Wildman–Crippen MR) is 60.5 cm³/mol. The normalized spacial score (nSPS) is 23.8. The number of hydrogen-bond acceptors (Lipinski definition) is 2. The van der Waals surface area contributed by atoms with Gasteiger partial charge in [-0.3, -0.25) is 0 Å². The van der Waals surface area contributed by atoms with E-state index < -0.39 is 0 Å². The van der Waals surface area contributed by atoms with E-state index in [0.717, 1.165) is 6.04 Å². The zero-order valence-electron chi connectivity index (χ0n) is 8.22. The number of thioether (sulfide) groups is 1. The summed E-state index contributed by atoms with van der Waals surface area (Å²) >= 11 is 2.07. The minimum atomic E-state index is 0. The van der Waals surface area contributed by atoms with Gasteiger partial charge in [0.05, 0.1) is 0 Å². The highest BCUT2D eigenvalue weighted by molar-refractivity contribution is 8.00. The van der Waals surface area contributed by atoms with E-state index in [2.05, 4.69) is 37.8 Å². The lowest BCUT2D eigenvalue weighted by atomic mass is 10.2. The summed E-state index contributed by atoms with van der Waals surface area (Å²) in [6, 6.07) is 0.791. The highest BCUT2D eigenvalue weighted by Crippen LogP contribution is 2.25. The van der Waals surface area contributed by atoms with Gasteiger partial charge in [-0.15, -0.1) is 12.4 Å². The Balaban J connectivity index is 0.00000121. The van der Waals surface area contributed by atoms with Gasteiger partial charge in [0.1, 0.15) is 0 Å². The Labute approximate surface area is 86.5 Å². The van der Waals surface area contributed by atoms with Gasteiger partial charge in [0.2, 0.25) is 0 Å². The predicted octanol–water partition coefficient (Wildman–Crippen LogP) is 2.69. The Kier molecular flexibility index (Phi) is 5.62. The molecule has 1 rings (SSSR count). The minimum absolute atomic E-state index is 0. The molecule has 3 heteroatoms. The first-order valence-electron chi connectivity index (χ1n) is 4.45. The lowest BCUT2D eigenvalue weighted by Crippen LogP contribution is -2.26. The average molecular weight is 210 g/mol. The van der Waals surface area contributed by atoms with E-state index in [9.17, 15) is 0 Å². The van der Waals surface area contributed by atoms with Crippen LogP contribution in [0.4, 0.5) is 0 Å². The van der Waals surface area contributed by atoms with Crippen molar-refractivity contribution in [2.24, 2.45) is 0 Å². The first-order valence-corrected chi connectivity index (χ1v) is 5.44. The molecule has 0 aromatic carbocycles. The fourth-order valence-corrected chi connectivity index (χ4v) is 2.24. The molecule has 0 amide bonds. The van der Waals surface area contributed by atoms with Crippen molar-refractivity contribution in [3.63, 3.8) is 0 Å². The molecule has 1 saturated heterocycles. The molecule has 1 nitrogen and oxygen atoms in total. The number of hydrogen-bond donors (Lipinski definition) is 1. The largest absolute Gasteiger partial charge is 0.313 e. The summed E-state index contributed by atoms with van der Waals surface area (Å²) in [7, 11) is 0. The lowest BCUT2D eigenvalue weighted by Gasteiger charge is -2.20. The number of rotatable bonds is 2. The first kappa shape index (κ1) is 12.6. The van der Waals surface area contributed by atoms with Crippen molar-refractivity contribution in [2.75, 3.05) is 12.3 Å². The van der Waals surface area contributed by atoms with Crippen LogP contribution >= 0.6 is 24.2 Å². The van der Waals surface area contributed by atoms with Gasteiger partial charge in [0.15, 0.2) is 0 Å². The summed E-state index contributed by atoms with van der Waals surface area (Å²) in [5, 5.41) is 3.51. The molecule has 1 unspecified atom stereocenters. The van der Waals surface area contributed by atoms with Gasteiger partial charge in [0, 0.05) is 16.5 Å². The van der Waals surface area contributed by atoms with E-state index >= 15 is 0 Å². The summed E-state index contributed by atoms with van der Waals surface area (Å²) in [5.41, 5.74) is 0. The molecule has 12 heavy (non-hydrogen) atoms. The van der Waals surface area contributed by atoms with Crippen LogP contribution in [0.15, 0.2) is 0 Å². The van der Waals surface area contributed by atoms with Gasteiger partial charge in [-0.05, 0) is 19.4 Å². The van der Waals surface area contributed by atoms with Crippen LogP contribution in [0.5, 0.6) is 0 Å². The van der Waals surface area contributed by atoms with Crippen LogP contribution in [0.25, 0.3) is 0 Å². The van der Waals surface area contributed by atoms with E-state index in [1.807, 2.05) is 0 Å². The van der Waals surface area contributed by atoms with Crippen molar-refractivity contribution in [1.29, 1.82) is 0 Å². The highest BCUT2D eigenvalue weighted by atomic mass is 35.5. The molecule has 0 aromatic heterocycles. The van der Waals surface area contributed by atoms with Gasteiger partial charge in [0.25, 0.3) is 0 Å². The van der Waals surface area contributed by atoms with Crippen molar-refractivity contribution < 1.29 is 0 Å². The maximum Gasteiger partial charge on any atom is 0.0158 e. The van der Waals surface area contributed by atoms with Gasteiger partial charge in [-0.2, -0.15) is 11.8 Å². The number of nitrogens with one attached hydrogen (secondary N) is 1. The average Bonchev–Trinajstić information content (AvgIpc) is 2.32. The summed E-state index contributed by atoms with van der Waals surface area (Å²) in [5.74, 6) is 1.28. The molecule has 0 aromatic rings. The van der Waals surface area contributed by atoms with E-state index in [4.69, 9.17) is 0 Å². The molecule has 1 fully saturated rings. The maximum absolute atomic E-state index is 3.51. The second-order valence-corrected chi connectivity index (χ2v) is 6.06. The SMILES string of the molecule is CC(C)(C)SCC1CCCN1.Cl. The zero-order chi connectivity index (χ0) is 8.32. The molecule has 1 heterocycles. The Morgan fingerprint density at radius 3 is 2.50 bits per heavy atom. The van der Waals surface area contributed by atoms with Crippen LogP contribution < -0.4 is 5.32 Å². The first-order chi connectivity index (χ1) is 5.08. The van der Waals surface area contributed by atoms with Gasteiger partial charge in [-0.25, -0.2) is 0 Å². The standard InChI is InChI=1S/C9H19NS.ClH/c1-9(2,3)11-7-8-5-4-6-10-8;/h8,10H,4-7H2,1-3H3;1H. The van der Waals surface area contributed by atoms with Crippen molar-refractivity contribution in [1.82, 2.24) is 5.32 Å². The van der Waals surface area contributed by atoms with Crippen LogP contribution in [0, 0.1) is 0 Å². The fourth-order valence-electron chi connectivity index (χ4n) is 1.25. The molecular weight excluding hydrogens is 190 g/mol. The molecule has 74 valence electrons. The third-order valence-corrected chi connectivity index (χ3v) is 3.31. The zero-order valence-corrected chi connectivity index (χ0v) is 9.86. The molecule has 1 N–H and O–H groups in total. The monoisotopic (exact) mass is 209 g/mol. The second-order valence-electron chi connectivity index (χ2n) is 4.22. The summed E-state index contributed by atoms with van der Waals surface area (Å²) in [6.45, 7) is 8.08. The summed E-state index contributed by atoms with van der Waals surface area (Å²) < 4.78 is 0.435. The smallest absolute Gasteiger partial charge is 0.0158 e. The van der Waals surface area contributed by atoms with Gasteiger partial charge in [-0.1, -0.05) is 20.8 Å². The fraction of sp³-hybridized carbons (Fsp3) is 1.00. The molecule has 1 aliphatic heterocycles. The highest BCUT2D eigenvalue weighted by Gasteiger charge is 2.17. The Morgan fingerprint density at radius 1 is 1.42 bits per heavy atom. The minimum Gasteiger partial charge on any atom is -0.313 e. The molecular formula is C9H20ClNS. The lowest BCUT2D eigenvalue weighted by molar-refractivity contribution is 0.668. The molecule has 0 saturated carbocycles. The van der Waals surface area contributed by atoms with E-state index in [-0.39, 0.29) is 12.4 Å². The van der Waals surface area contributed by atoms with Crippen LogP contribution in [-0.2, 0) is 0 Å². The van der Waals surface area contributed by atoms with Gasteiger partial charge >= 0.3 is 0 Å². The summed E-state index contributed by atoms with van der Waals surface area (Å²) in [4.78, 5) is 0. The van der Waals surface area contributed by atoms with Crippen molar-refractivity contribution in [2.45, 2.75) is 44.4 Å². The quantitative estimate of drug-likeness (QED) is 0.751. The Hall–Kier alpha value is 0.600. The van der Waals surface area contributed by atoms with Crippen molar-refractivity contribution in [3.05, 3.63) is 0 Å². The van der Waals surface area contributed by atoms with E-state index in [0.29, 0.717) is 4.75 Å². The van der Waals surface area contributed by atoms with Crippen LogP contribution in [-0.4, -0.2) is 23.1 Å². The Morgan fingerprint density at radius 2 is 2.08 bits per heavy atom. The molecule has 0 bridgehead atoms. The molecule has 0 spiro atoms. The third-order valence-electron chi connectivity index (χ3n) is 1.88. The Bertz CT molecular complexity index is 116. The van der Waals surface area contributed by atoms with Gasteiger partial charge < -0.3 is 5.32 Å².